The maximum atomic E-state index is 13.4. The van der Waals surface area contributed by atoms with E-state index in [2.05, 4.69) is 10.3 Å². The summed E-state index contributed by atoms with van der Waals surface area (Å²) in [5, 5.41) is 2.95. The molecule has 0 aliphatic heterocycles. The van der Waals surface area contributed by atoms with Crippen LogP contribution < -0.4 is 5.32 Å². The Morgan fingerprint density at radius 1 is 1.19 bits per heavy atom. The molecule has 1 N–H and O–H groups in total. The maximum Gasteiger partial charge on any atom is 0.247 e. The van der Waals surface area contributed by atoms with Gasteiger partial charge in [-0.2, -0.15) is 0 Å². The summed E-state index contributed by atoms with van der Waals surface area (Å²) in [5.41, 5.74) is 0.664. The van der Waals surface area contributed by atoms with Gasteiger partial charge < -0.3 is 5.32 Å². The Labute approximate surface area is 157 Å². The second kappa shape index (κ2) is 6.74. The zero-order chi connectivity index (χ0) is 19.9. The average molecular weight is 399 g/mol. The molecule has 0 atom stereocenters. The summed E-state index contributed by atoms with van der Waals surface area (Å²) in [6.45, 7) is 10.6. The number of sulfone groups is 1. The van der Waals surface area contributed by atoms with Crippen LogP contribution in [0.4, 0.5) is 9.52 Å². The van der Waals surface area contributed by atoms with Crippen LogP contribution in [0.25, 0.3) is 0 Å². The number of thiazole rings is 1. The van der Waals surface area contributed by atoms with Crippen LogP contribution in [0, 0.1) is 12.7 Å². The number of anilines is 1. The zero-order valence-corrected chi connectivity index (χ0v) is 17.3. The van der Waals surface area contributed by atoms with Gasteiger partial charge in [-0.25, -0.2) is 17.8 Å². The monoisotopic (exact) mass is 398 g/mol. The number of nitrogens with one attached hydrogen (secondary N) is 1. The van der Waals surface area contributed by atoms with Crippen molar-refractivity contribution in [2.75, 3.05) is 5.32 Å². The number of carbonyl (C=O) groups excluding carboxylic acids is 1. The van der Waals surface area contributed by atoms with Gasteiger partial charge in [0.15, 0.2) is 15.0 Å². The molecule has 5 nitrogen and oxygen atoms in total. The van der Waals surface area contributed by atoms with Crippen molar-refractivity contribution in [1.29, 1.82) is 0 Å². The highest BCUT2D eigenvalue weighted by atomic mass is 32.2. The molecule has 0 bridgehead atoms. The molecule has 1 heterocycles. The molecule has 0 saturated carbocycles. The van der Waals surface area contributed by atoms with Gasteiger partial charge in [-0.1, -0.05) is 26.8 Å². The molecule has 0 saturated heterocycles. The van der Waals surface area contributed by atoms with E-state index in [1.807, 2.05) is 27.7 Å². The highest BCUT2D eigenvalue weighted by Gasteiger charge is 2.43. The highest BCUT2D eigenvalue weighted by molar-refractivity contribution is 7.93. The van der Waals surface area contributed by atoms with Gasteiger partial charge >= 0.3 is 0 Å². The van der Waals surface area contributed by atoms with E-state index in [1.165, 1.54) is 37.3 Å². The van der Waals surface area contributed by atoms with Gasteiger partial charge in [-0.3, -0.25) is 4.79 Å². The van der Waals surface area contributed by atoms with Gasteiger partial charge in [-0.15, -0.1) is 11.3 Å². The number of nitrogens with zero attached hydrogens (tertiary/aromatic N) is 1. The topological polar surface area (TPSA) is 76.1 Å². The number of aromatic nitrogens is 1. The fourth-order valence-corrected chi connectivity index (χ4v) is 4.87. The summed E-state index contributed by atoms with van der Waals surface area (Å²) in [4.78, 5) is 17.8. The molecule has 0 aliphatic rings. The van der Waals surface area contributed by atoms with E-state index >= 15 is 0 Å². The molecule has 1 aromatic carbocycles. The molecular weight excluding hydrogens is 375 g/mol. The average Bonchev–Trinajstić information content (AvgIpc) is 2.87. The van der Waals surface area contributed by atoms with Gasteiger partial charge in [0.25, 0.3) is 0 Å². The van der Waals surface area contributed by atoms with Crippen molar-refractivity contribution < 1.29 is 17.6 Å². The van der Waals surface area contributed by atoms with Crippen molar-refractivity contribution in [2.24, 2.45) is 0 Å². The normalized spacial score (nSPS) is 12.9. The third-order valence-electron chi connectivity index (χ3n) is 4.02. The standard InChI is InChI=1S/C18H23FN2O3S2/c1-11-14(17(2,3)4)25-16(20-11)21-15(22)18(5,6)26(23,24)13-9-7-8-12(19)10-13/h7-10H,1-6H3,(H,20,21,22). The molecule has 1 aromatic heterocycles. The van der Waals surface area contributed by atoms with Crippen molar-refractivity contribution in [3.63, 3.8) is 0 Å². The molecule has 0 radical (unpaired) electrons. The highest BCUT2D eigenvalue weighted by Crippen LogP contribution is 2.34. The number of benzene rings is 1. The van der Waals surface area contributed by atoms with E-state index in [0.717, 1.165) is 22.7 Å². The van der Waals surface area contributed by atoms with Crippen LogP contribution in [0.2, 0.25) is 0 Å². The summed E-state index contributed by atoms with van der Waals surface area (Å²) in [6.07, 6.45) is 0. The molecule has 1 amide bonds. The Bertz CT molecular complexity index is 942. The van der Waals surface area contributed by atoms with Crippen molar-refractivity contribution in [2.45, 2.75) is 56.6 Å². The van der Waals surface area contributed by atoms with Gasteiger partial charge in [0.2, 0.25) is 5.91 Å². The lowest BCUT2D eigenvalue weighted by molar-refractivity contribution is -0.117. The smallest absolute Gasteiger partial charge is 0.247 e. The molecule has 0 unspecified atom stereocenters. The number of hydrogen-bond acceptors (Lipinski definition) is 5. The number of hydrogen-bond donors (Lipinski definition) is 1. The summed E-state index contributed by atoms with van der Waals surface area (Å²) in [7, 11) is -4.09. The van der Waals surface area contributed by atoms with Crippen LogP contribution >= 0.6 is 11.3 Å². The van der Waals surface area contributed by atoms with Gasteiger partial charge in [0.05, 0.1) is 10.6 Å². The fourth-order valence-electron chi connectivity index (χ4n) is 2.44. The first kappa shape index (κ1) is 20.5. The quantitative estimate of drug-likeness (QED) is 0.842. The molecule has 26 heavy (non-hydrogen) atoms. The second-order valence-corrected chi connectivity index (χ2v) is 11.1. The molecule has 2 aromatic rings. The molecule has 8 heteroatoms. The van der Waals surface area contributed by atoms with Gasteiger partial charge in [-0.05, 0) is 44.4 Å². The molecule has 142 valence electrons. The first-order chi connectivity index (χ1) is 11.8. The molecule has 0 aliphatic carbocycles. The van der Waals surface area contributed by atoms with Gasteiger partial charge in [0.1, 0.15) is 10.6 Å². The second-order valence-electron chi connectivity index (χ2n) is 7.61. The summed E-state index contributed by atoms with van der Waals surface area (Å²) >= 11 is 1.32. The number of amides is 1. The van der Waals surface area contributed by atoms with Crippen molar-refractivity contribution in [3.05, 3.63) is 40.7 Å². The minimum absolute atomic E-state index is 0.131. The predicted octanol–water partition coefficient (Wildman–Crippen LogP) is 4.08. The largest absolute Gasteiger partial charge is 0.301 e. The van der Waals surface area contributed by atoms with E-state index in [4.69, 9.17) is 0 Å². The van der Waals surface area contributed by atoms with E-state index < -0.39 is 26.3 Å². The van der Waals surface area contributed by atoms with Crippen LogP contribution in [0.15, 0.2) is 29.2 Å². The minimum atomic E-state index is -4.09. The number of rotatable bonds is 4. The third-order valence-corrected chi connectivity index (χ3v) is 7.93. The molecular formula is C18H23FN2O3S2. The lowest BCUT2D eigenvalue weighted by Gasteiger charge is -2.23. The zero-order valence-electron chi connectivity index (χ0n) is 15.7. The predicted molar refractivity (Wildman–Crippen MR) is 102 cm³/mol. The summed E-state index contributed by atoms with van der Waals surface area (Å²) < 4.78 is 37.3. The van der Waals surface area contributed by atoms with E-state index in [1.54, 1.807) is 0 Å². The first-order valence-corrected chi connectivity index (χ1v) is 10.4. The maximum absolute atomic E-state index is 13.4. The molecule has 0 fully saturated rings. The lowest BCUT2D eigenvalue weighted by Crippen LogP contribution is -2.44. The number of halogens is 1. The Hall–Kier alpha value is -1.80. The van der Waals surface area contributed by atoms with E-state index in [9.17, 15) is 17.6 Å². The Balaban J connectivity index is 2.34. The summed E-state index contributed by atoms with van der Waals surface area (Å²) in [6, 6.07) is 4.64. The Morgan fingerprint density at radius 3 is 2.31 bits per heavy atom. The van der Waals surface area contributed by atoms with Crippen molar-refractivity contribution in [3.8, 4) is 0 Å². The lowest BCUT2D eigenvalue weighted by atomic mass is 9.94. The van der Waals surface area contributed by atoms with E-state index in [0.29, 0.717) is 5.13 Å². The van der Waals surface area contributed by atoms with Crippen LogP contribution in [-0.4, -0.2) is 24.1 Å². The minimum Gasteiger partial charge on any atom is -0.301 e. The summed E-state index contributed by atoms with van der Waals surface area (Å²) in [5.74, 6) is -1.39. The first-order valence-electron chi connectivity index (χ1n) is 8.06. The van der Waals surface area contributed by atoms with Crippen molar-refractivity contribution >= 4 is 32.2 Å². The van der Waals surface area contributed by atoms with Gasteiger partial charge in [0, 0.05) is 4.88 Å². The van der Waals surface area contributed by atoms with Crippen LogP contribution in [0.3, 0.4) is 0 Å². The third kappa shape index (κ3) is 3.81. The Morgan fingerprint density at radius 2 is 1.81 bits per heavy atom. The number of aryl methyl sites for hydroxylation is 1. The van der Waals surface area contributed by atoms with Crippen LogP contribution in [0.5, 0.6) is 0 Å². The van der Waals surface area contributed by atoms with Crippen molar-refractivity contribution in [1.82, 2.24) is 4.98 Å². The SMILES string of the molecule is Cc1nc(NC(=O)C(C)(C)S(=O)(=O)c2cccc(F)c2)sc1C(C)(C)C. The molecule has 0 spiro atoms. The molecule has 2 rings (SSSR count). The fraction of sp³-hybridized carbons (Fsp3) is 0.444. The Kier molecular flexibility index (Phi) is 5.31. The van der Waals surface area contributed by atoms with E-state index in [-0.39, 0.29) is 10.3 Å². The number of carbonyl (C=O) groups is 1. The van der Waals surface area contributed by atoms with Crippen LogP contribution in [-0.2, 0) is 20.0 Å². The van der Waals surface area contributed by atoms with Crippen LogP contribution in [0.1, 0.15) is 45.2 Å².